The second-order valence-corrected chi connectivity index (χ2v) is 17.8. The van der Waals surface area contributed by atoms with Gasteiger partial charge >= 0.3 is 5.97 Å². The van der Waals surface area contributed by atoms with Crippen molar-refractivity contribution in [3.05, 3.63) is 60.7 Å². The van der Waals surface area contributed by atoms with Gasteiger partial charge in [0.2, 0.25) is 0 Å². The Morgan fingerprint density at radius 2 is 1.49 bits per heavy atom. The number of rotatable bonds is 9. The van der Waals surface area contributed by atoms with Gasteiger partial charge in [-0.3, -0.25) is 4.79 Å². The molecule has 2 aliphatic rings. The first-order chi connectivity index (χ1) is 18.5. The maximum Gasteiger partial charge on any atom is 0.305 e. The highest BCUT2D eigenvalue weighted by molar-refractivity contribution is 6.98. The summed E-state index contributed by atoms with van der Waals surface area (Å²) < 4.78 is 5.12. The number of hydrogen-bond donors (Lipinski definition) is 1. The molecule has 0 radical (unpaired) electrons. The van der Waals surface area contributed by atoms with E-state index in [1.165, 1.54) is 26.4 Å². The Kier molecular flexibility index (Phi) is 9.48. The quantitative estimate of drug-likeness (QED) is 0.269. The first kappa shape index (κ1) is 30.1. The lowest BCUT2D eigenvalue weighted by Crippen LogP contribution is -2.65. The average Bonchev–Trinajstić information content (AvgIpc) is 2.93. The van der Waals surface area contributed by atoms with E-state index in [-0.39, 0.29) is 11.0 Å². The van der Waals surface area contributed by atoms with Crippen LogP contribution in [-0.2, 0) is 9.53 Å². The van der Waals surface area contributed by atoms with Crippen LogP contribution < -0.4 is 10.4 Å². The van der Waals surface area contributed by atoms with E-state index in [2.05, 4.69) is 90.1 Å². The van der Waals surface area contributed by atoms with Gasteiger partial charge in [0.15, 0.2) is 0 Å². The fourth-order valence-corrected chi connectivity index (χ4v) is 12.7. The fourth-order valence-electron chi connectivity index (χ4n) is 8.99. The average molecular weight is 549 g/mol. The standard InChI is InChI=1S/C35H52O3Si/c1-24-18-19-25(2)34-30(33(26(3)22-31(24)34)27(4)23-32(36)38-7)20-21-35(5,6)39(37,28-14-10-8-11-15-28)29-16-12-9-13-17-29/h8-17,24-27,30-31,33-34,37H,18-23H2,1-7H3/t24-,25-,26-,27?,30+,31-,33-,34-/m0/s1. The molecule has 0 aromatic heterocycles. The van der Waals surface area contributed by atoms with Crippen molar-refractivity contribution in [2.24, 2.45) is 47.3 Å². The number of esters is 1. The maximum atomic E-state index is 12.8. The summed E-state index contributed by atoms with van der Waals surface area (Å²) >= 11 is 0. The van der Waals surface area contributed by atoms with E-state index in [1.807, 2.05) is 12.1 Å². The van der Waals surface area contributed by atoms with Crippen molar-refractivity contribution in [2.75, 3.05) is 7.11 Å². The third-order valence-electron chi connectivity index (χ3n) is 11.1. The van der Waals surface area contributed by atoms with E-state index in [4.69, 9.17) is 4.74 Å². The van der Waals surface area contributed by atoms with E-state index in [1.54, 1.807) is 0 Å². The molecule has 8 atom stereocenters. The number of fused-ring (bicyclic) bond motifs is 1. The Hall–Kier alpha value is -1.91. The molecule has 2 aromatic carbocycles. The fraction of sp³-hybridized carbons (Fsp3) is 0.629. The molecule has 0 bridgehead atoms. The molecular weight excluding hydrogens is 496 g/mol. The Morgan fingerprint density at radius 1 is 0.949 bits per heavy atom. The number of ether oxygens (including phenoxy) is 1. The lowest BCUT2D eigenvalue weighted by molar-refractivity contribution is -0.143. The summed E-state index contributed by atoms with van der Waals surface area (Å²) in [6.45, 7) is 14.3. The summed E-state index contributed by atoms with van der Waals surface area (Å²) in [6, 6.07) is 20.9. The Bertz CT molecular complexity index is 1030. The second kappa shape index (κ2) is 12.3. The first-order valence-electron chi connectivity index (χ1n) is 15.4. The van der Waals surface area contributed by atoms with Crippen LogP contribution in [0.1, 0.15) is 80.1 Å². The van der Waals surface area contributed by atoms with Gasteiger partial charge in [-0.15, -0.1) is 0 Å². The zero-order valence-corrected chi connectivity index (χ0v) is 26.4. The van der Waals surface area contributed by atoms with E-state index in [9.17, 15) is 9.59 Å². The largest absolute Gasteiger partial charge is 0.469 e. The van der Waals surface area contributed by atoms with Crippen molar-refractivity contribution in [2.45, 2.75) is 85.1 Å². The number of benzene rings is 2. The molecule has 39 heavy (non-hydrogen) atoms. The second-order valence-electron chi connectivity index (χ2n) is 13.8. The number of methoxy groups -OCH3 is 1. The van der Waals surface area contributed by atoms with E-state index < -0.39 is 8.32 Å². The van der Waals surface area contributed by atoms with Gasteiger partial charge in [0.05, 0.1) is 7.11 Å². The SMILES string of the molecule is COC(=O)CC(C)[C@H]1[C@@H](CCC(C)(C)[Si](O)(c2ccccc2)c2ccccc2)[C@H]2[C@@H](C[C@@H]1C)[C@@H](C)CC[C@@H]2C. The minimum Gasteiger partial charge on any atom is -0.469 e. The maximum absolute atomic E-state index is 12.8. The van der Waals surface area contributed by atoms with Gasteiger partial charge in [0.1, 0.15) is 0 Å². The zero-order chi connectivity index (χ0) is 28.4. The topological polar surface area (TPSA) is 46.5 Å². The van der Waals surface area contributed by atoms with E-state index >= 15 is 0 Å². The Balaban J connectivity index is 1.70. The zero-order valence-electron chi connectivity index (χ0n) is 25.4. The summed E-state index contributed by atoms with van der Waals surface area (Å²) in [7, 11) is -1.55. The molecule has 1 N–H and O–H groups in total. The minimum absolute atomic E-state index is 0.0871. The van der Waals surface area contributed by atoms with Crippen LogP contribution in [0.3, 0.4) is 0 Å². The molecule has 0 heterocycles. The summed E-state index contributed by atoms with van der Waals surface area (Å²) in [5.41, 5.74) is 0. The van der Waals surface area contributed by atoms with Crippen LogP contribution >= 0.6 is 0 Å². The monoisotopic (exact) mass is 548 g/mol. The summed E-state index contributed by atoms with van der Waals surface area (Å²) in [4.78, 5) is 25.2. The Morgan fingerprint density at radius 3 is 2.03 bits per heavy atom. The van der Waals surface area contributed by atoms with Crippen LogP contribution in [0.15, 0.2) is 60.7 Å². The van der Waals surface area contributed by atoms with Gasteiger partial charge in [0, 0.05) is 6.42 Å². The molecule has 1 unspecified atom stereocenters. The van der Waals surface area contributed by atoms with Crippen LogP contribution in [0.4, 0.5) is 0 Å². The molecular formula is C35H52O3Si. The Labute approximate surface area is 238 Å². The third-order valence-corrected chi connectivity index (χ3v) is 15.6. The highest BCUT2D eigenvalue weighted by Gasteiger charge is 2.53. The molecule has 0 amide bonds. The number of hydrogen-bond acceptors (Lipinski definition) is 3. The van der Waals surface area contributed by atoms with Crippen molar-refractivity contribution < 1.29 is 14.3 Å². The van der Waals surface area contributed by atoms with Crippen molar-refractivity contribution in [3.63, 3.8) is 0 Å². The van der Waals surface area contributed by atoms with Crippen molar-refractivity contribution in [1.82, 2.24) is 0 Å². The highest BCUT2D eigenvalue weighted by Crippen LogP contribution is 2.57. The lowest BCUT2D eigenvalue weighted by Gasteiger charge is -2.55. The lowest BCUT2D eigenvalue weighted by atomic mass is 9.50. The van der Waals surface area contributed by atoms with Gasteiger partial charge in [-0.1, -0.05) is 115 Å². The molecule has 4 heteroatoms. The van der Waals surface area contributed by atoms with E-state index in [0.717, 1.165) is 35.1 Å². The smallest absolute Gasteiger partial charge is 0.305 e. The van der Waals surface area contributed by atoms with Crippen molar-refractivity contribution in [3.8, 4) is 0 Å². The van der Waals surface area contributed by atoms with Crippen molar-refractivity contribution >= 4 is 24.7 Å². The highest BCUT2D eigenvalue weighted by atomic mass is 28.4. The van der Waals surface area contributed by atoms with Gasteiger partial charge in [-0.05, 0) is 82.0 Å². The predicted octanol–water partition coefficient (Wildman–Crippen LogP) is 7.07. The third kappa shape index (κ3) is 5.93. The number of carbonyl (C=O) groups is 1. The van der Waals surface area contributed by atoms with Crippen molar-refractivity contribution in [1.29, 1.82) is 0 Å². The van der Waals surface area contributed by atoms with Crippen LogP contribution in [0, 0.1) is 47.3 Å². The molecule has 3 nitrogen and oxygen atoms in total. The van der Waals surface area contributed by atoms with Crippen LogP contribution in [0.25, 0.3) is 0 Å². The van der Waals surface area contributed by atoms with Gasteiger partial charge in [-0.25, -0.2) is 0 Å². The van der Waals surface area contributed by atoms with Gasteiger partial charge < -0.3 is 9.53 Å². The molecule has 2 aliphatic carbocycles. The summed E-state index contributed by atoms with van der Waals surface area (Å²) in [5.74, 6) is 4.77. The molecule has 0 saturated heterocycles. The first-order valence-corrected chi connectivity index (χ1v) is 17.4. The molecule has 214 valence electrons. The minimum atomic E-state index is -3.06. The molecule has 2 fully saturated rings. The van der Waals surface area contributed by atoms with Gasteiger partial charge in [0.25, 0.3) is 8.32 Å². The molecule has 0 spiro atoms. The normalized spacial score (nSPS) is 30.3. The predicted molar refractivity (Wildman–Crippen MR) is 164 cm³/mol. The van der Waals surface area contributed by atoms with Gasteiger partial charge in [-0.2, -0.15) is 0 Å². The number of carbonyl (C=O) groups excluding carboxylic acids is 1. The molecule has 2 aromatic rings. The summed E-state index contributed by atoms with van der Waals surface area (Å²) in [5, 5.41) is 1.92. The molecule has 0 aliphatic heterocycles. The van der Waals surface area contributed by atoms with Crippen LogP contribution in [0.5, 0.6) is 0 Å². The van der Waals surface area contributed by atoms with Crippen LogP contribution in [0.2, 0.25) is 5.04 Å². The summed E-state index contributed by atoms with van der Waals surface area (Å²) in [6.07, 6.45) is 6.49. The van der Waals surface area contributed by atoms with E-state index in [0.29, 0.717) is 41.9 Å². The molecule has 2 saturated carbocycles. The van der Waals surface area contributed by atoms with Crippen LogP contribution in [-0.4, -0.2) is 26.2 Å². The molecule has 4 rings (SSSR count).